The van der Waals surface area contributed by atoms with Gasteiger partial charge in [-0.25, -0.2) is 9.97 Å². The number of nitrogens with zero attached hydrogens (tertiary/aromatic N) is 2. The Hall–Kier alpha value is -0.460. The third kappa shape index (κ3) is 3.04. The molecule has 9 heteroatoms. The number of aromatic nitrogens is 2. The Morgan fingerprint density at radius 1 is 1.00 bits per heavy atom. The van der Waals surface area contributed by atoms with Gasteiger partial charge in [0.2, 0.25) is 11.0 Å². The van der Waals surface area contributed by atoms with Crippen molar-refractivity contribution in [1.29, 1.82) is 0 Å². The van der Waals surface area contributed by atoms with Gasteiger partial charge in [0.05, 0.1) is 0 Å². The minimum Gasteiger partial charge on any atom is -0.399 e. The fourth-order valence-electron chi connectivity index (χ4n) is 0.574. The average molecular weight is 267 g/mol. The molecule has 0 bridgehead atoms. The van der Waals surface area contributed by atoms with Crippen LogP contribution in [0.5, 0.6) is 5.75 Å². The van der Waals surface area contributed by atoms with Gasteiger partial charge in [-0.05, 0) is 11.6 Å². The predicted molar refractivity (Wildman–Crippen MR) is 43.7 cm³/mol. The first-order valence-corrected chi connectivity index (χ1v) is 4.07. The van der Waals surface area contributed by atoms with Gasteiger partial charge < -0.3 is 4.74 Å². The van der Waals surface area contributed by atoms with E-state index in [4.69, 9.17) is 34.8 Å². The molecule has 0 fully saturated rings. The predicted octanol–water partition coefficient (Wildman–Crippen LogP) is 3.34. The fraction of sp³-hybridized carbons (Fsp3) is 0.200. The molecule has 1 heterocycles. The Kier molecular flexibility index (Phi) is 3.28. The molecule has 0 spiro atoms. The van der Waals surface area contributed by atoms with Crippen LogP contribution in [0.15, 0.2) is 0 Å². The summed E-state index contributed by atoms with van der Waals surface area (Å²) >= 11 is 15.9. The maximum Gasteiger partial charge on any atom is 0.573 e. The number of rotatable bonds is 1. The van der Waals surface area contributed by atoms with Crippen LogP contribution in [-0.2, 0) is 0 Å². The van der Waals surface area contributed by atoms with Crippen molar-refractivity contribution in [3.05, 3.63) is 15.6 Å². The maximum absolute atomic E-state index is 11.8. The van der Waals surface area contributed by atoms with E-state index in [2.05, 4.69) is 14.7 Å². The van der Waals surface area contributed by atoms with E-state index < -0.39 is 22.4 Å². The van der Waals surface area contributed by atoms with Gasteiger partial charge in [-0.2, -0.15) is 0 Å². The second-order valence-corrected chi connectivity index (χ2v) is 3.01. The minimum atomic E-state index is -4.91. The van der Waals surface area contributed by atoms with Crippen molar-refractivity contribution in [1.82, 2.24) is 9.97 Å². The van der Waals surface area contributed by atoms with Gasteiger partial charge in [-0.1, -0.05) is 23.2 Å². The Morgan fingerprint density at radius 2 is 1.43 bits per heavy atom. The highest BCUT2D eigenvalue weighted by molar-refractivity contribution is 6.37. The summed E-state index contributed by atoms with van der Waals surface area (Å²) in [5, 5.41) is -1.57. The first-order chi connectivity index (χ1) is 6.29. The zero-order valence-corrected chi connectivity index (χ0v) is 8.34. The highest BCUT2D eigenvalue weighted by Crippen LogP contribution is 2.34. The summed E-state index contributed by atoms with van der Waals surface area (Å²) in [5.41, 5.74) is 0. The summed E-state index contributed by atoms with van der Waals surface area (Å²) in [5.74, 6) is -0.870. The van der Waals surface area contributed by atoms with E-state index in [1.165, 1.54) is 0 Å². The Labute approximate surface area is 90.8 Å². The molecule has 78 valence electrons. The third-order valence-electron chi connectivity index (χ3n) is 0.973. The molecule has 1 rings (SSSR count). The number of hydrogen-bond acceptors (Lipinski definition) is 3. The highest BCUT2D eigenvalue weighted by Gasteiger charge is 2.34. The van der Waals surface area contributed by atoms with Crippen LogP contribution in [0.3, 0.4) is 0 Å². The molecular formula is C5Cl3F3N2O. The molecule has 0 atom stereocenters. The molecule has 0 saturated heterocycles. The standard InChI is InChI=1S/C5Cl3F3N2O/c6-2-1(14-5(9,10)11)3(7)13-4(8)12-2. The van der Waals surface area contributed by atoms with E-state index in [0.717, 1.165) is 0 Å². The van der Waals surface area contributed by atoms with Crippen LogP contribution in [-0.4, -0.2) is 16.3 Å². The van der Waals surface area contributed by atoms with E-state index in [9.17, 15) is 13.2 Å². The van der Waals surface area contributed by atoms with E-state index in [1.54, 1.807) is 0 Å². The molecule has 0 aliphatic rings. The Balaban J connectivity index is 3.09. The number of halogens is 6. The largest absolute Gasteiger partial charge is 0.573 e. The molecule has 1 aromatic rings. The minimum absolute atomic E-state index is 0.366. The monoisotopic (exact) mass is 266 g/mol. The number of ether oxygens (including phenoxy) is 1. The van der Waals surface area contributed by atoms with Crippen molar-refractivity contribution in [3.63, 3.8) is 0 Å². The van der Waals surface area contributed by atoms with Gasteiger partial charge in [0.1, 0.15) is 0 Å². The SMILES string of the molecule is FC(F)(F)Oc1c(Cl)nc(Cl)nc1Cl. The van der Waals surface area contributed by atoms with Crippen molar-refractivity contribution in [2.24, 2.45) is 0 Å². The zero-order valence-electron chi connectivity index (χ0n) is 6.07. The molecule has 0 saturated carbocycles. The zero-order chi connectivity index (χ0) is 10.9. The van der Waals surface area contributed by atoms with Crippen LogP contribution in [0.1, 0.15) is 0 Å². The third-order valence-corrected chi connectivity index (χ3v) is 1.65. The Morgan fingerprint density at radius 3 is 1.79 bits per heavy atom. The lowest BCUT2D eigenvalue weighted by Crippen LogP contribution is -2.18. The van der Waals surface area contributed by atoms with Gasteiger partial charge in [0.15, 0.2) is 10.3 Å². The molecular weight excluding hydrogens is 267 g/mol. The lowest BCUT2D eigenvalue weighted by atomic mass is 10.6. The molecule has 14 heavy (non-hydrogen) atoms. The van der Waals surface area contributed by atoms with Crippen molar-refractivity contribution >= 4 is 34.8 Å². The van der Waals surface area contributed by atoms with Crippen LogP contribution < -0.4 is 4.74 Å². The second kappa shape index (κ2) is 3.96. The topological polar surface area (TPSA) is 35.0 Å². The second-order valence-electron chi connectivity index (χ2n) is 1.95. The highest BCUT2D eigenvalue weighted by atomic mass is 35.5. The summed E-state index contributed by atoms with van der Waals surface area (Å²) in [6.45, 7) is 0. The number of alkyl halides is 3. The van der Waals surface area contributed by atoms with E-state index in [0.29, 0.717) is 0 Å². The summed E-state index contributed by atoms with van der Waals surface area (Å²) in [6, 6.07) is 0. The van der Waals surface area contributed by atoms with Crippen LogP contribution >= 0.6 is 34.8 Å². The van der Waals surface area contributed by atoms with E-state index in [-0.39, 0.29) is 5.28 Å². The van der Waals surface area contributed by atoms with Crippen LogP contribution in [0.25, 0.3) is 0 Å². The quantitative estimate of drug-likeness (QED) is 0.578. The number of hydrogen-bond donors (Lipinski definition) is 0. The van der Waals surface area contributed by atoms with E-state index >= 15 is 0 Å². The molecule has 1 aromatic heterocycles. The summed E-state index contributed by atoms with van der Waals surface area (Å²) in [7, 11) is 0. The van der Waals surface area contributed by atoms with Crippen molar-refractivity contribution < 1.29 is 17.9 Å². The first-order valence-electron chi connectivity index (χ1n) is 2.94. The Bertz CT molecular complexity index is 334. The maximum atomic E-state index is 11.8. The lowest BCUT2D eigenvalue weighted by Gasteiger charge is -2.10. The van der Waals surface area contributed by atoms with Crippen molar-refractivity contribution in [2.45, 2.75) is 6.36 Å². The average Bonchev–Trinajstić information content (AvgIpc) is 1.95. The lowest BCUT2D eigenvalue weighted by molar-refractivity contribution is -0.274. The summed E-state index contributed by atoms with van der Waals surface area (Å²) in [6.07, 6.45) is -4.91. The van der Waals surface area contributed by atoms with Crippen LogP contribution in [0.2, 0.25) is 15.6 Å². The van der Waals surface area contributed by atoms with Gasteiger partial charge in [0.25, 0.3) is 0 Å². The molecule has 0 radical (unpaired) electrons. The first kappa shape index (κ1) is 11.6. The van der Waals surface area contributed by atoms with Crippen LogP contribution in [0, 0.1) is 0 Å². The fourth-order valence-corrected chi connectivity index (χ4v) is 1.29. The normalized spacial score (nSPS) is 11.6. The molecule has 0 aliphatic heterocycles. The molecule has 0 aromatic carbocycles. The smallest absolute Gasteiger partial charge is 0.399 e. The van der Waals surface area contributed by atoms with Gasteiger partial charge >= 0.3 is 6.36 Å². The molecule has 0 amide bonds. The van der Waals surface area contributed by atoms with Crippen molar-refractivity contribution in [2.75, 3.05) is 0 Å². The van der Waals surface area contributed by atoms with Gasteiger partial charge in [-0.15, -0.1) is 13.2 Å². The van der Waals surface area contributed by atoms with Crippen LogP contribution in [0.4, 0.5) is 13.2 Å². The van der Waals surface area contributed by atoms with Gasteiger partial charge in [0, 0.05) is 0 Å². The van der Waals surface area contributed by atoms with E-state index in [1.807, 2.05) is 0 Å². The molecule has 0 aliphatic carbocycles. The van der Waals surface area contributed by atoms with Gasteiger partial charge in [-0.3, -0.25) is 0 Å². The molecule has 0 unspecified atom stereocenters. The summed E-state index contributed by atoms with van der Waals surface area (Å²) in [4.78, 5) is 6.46. The molecule has 0 N–H and O–H groups in total. The molecule has 3 nitrogen and oxygen atoms in total. The van der Waals surface area contributed by atoms with Crippen molar-refractivity contribution in [3.8, 4) is 5.75 Å². The summed E-state index contributed by atoms with van der Waals surface area (Å²) < 4.78 is 38.8.